The van der Waals surface area contributed by atoms with E-state index >= 15 is 0 Å². The fourth-order valence-corrected chi connectivity index (χ4v) is 2.50. The van der Waals surface area contributed by atoms with E-state index in [9.17, 15) is 4.79 Å². The molecular weight excluding hydrogens is 374 g/mol. The summed E-state index contributed by atoms with van der Waals surface area (Å²) in [4.78, 5) is 12.1. The summed E-state index contributed by atoms with van der Waals surface area (Å²) in [6.45, 7) is 0. The van der Waals surface area contributed by atoms with Gasteiger partial charge < -0.3 is 8.83 Å². The average molecular weight is 384 g/mol. The minimum atomic E-state index is -0.331. The van der Waals surface area contributed by atoms with E-state index in [2.05, 4.69) is 31.4 Å². The third-order valence-electron chi connectivity index (χ3n) is 3.39. The van der Waals surface area contributed by atoms with Gasteiger partial charge in [0.05, 0.1) is 0 Å². The van der Waals surface area contributed by atoms with E-state index in [0.29, 0.717) is 11.3 Å². The number of hydrogen-bond acceptors (Lipinski definition) is 5. The molecule has 0 aliphatic rings. The number of fused-ring (bicyclic) bond motifs is 1. The van der Waals surface area contributed by atoms with Gasteiger partial charge >= 0.3 is 6.01 Å². The lowest BCUT2D eigenvalue weighted by atomic mass is 10.2. The maximum Gasteiger partial charge on any atom is 0.322 e. The highest BCUT2D eigenvalue weighted by molar-refractivity contribution is 9.10. The number of halogens is 1. The molecule has 0 bridgehead atoms. The number of amides is 1. The Morgan fingerprint density at radius 1 is 1.00 bits per heavy atom. The molecule has 0 saturated heterocycles. The van der Waals surface area contributed by atoms with Crippen molar-refractivity contribution >= 4 is 38.8 Å². The Hall–Kier alpha value is -2.93. The Morgan fingerprint density at radius 2 is 1.79 bits per heavy atom. The molecule has 6 nitrogen and oxygen atoms in total. The number of carbonyl (C=O) groups excluding carboxylic acids is 1. The highest BCUT2D eigenvalue weighted by atomic mass is 79.9. The number of furan rings is 1. The minimum absolute atomic E-state index is 0.0124. The molecule has 0 fully saturated rings. The van der Waals surface area contributed by atoms with Crippen molar-refractivity contribution in [3.8, 4) is 11.7 Å². The fraction of sp³-hybridized carbons (Fsp3) is 0. The molecule has 0 radical (unpaired) electrons. The normalized spacial score (nSPS) is 10.9. The first kappa shape index (κ1) is 14.6. The van der Waals surface area contributed by atoms with E-state index < -0.39 is 0 Å². The van der Waals surface area contributed by atoms with Crippen LogP contribution in [-0.2, 0) is 0 Å². The monoisotopic (exact) mass is 383 g/mol. The molecule has 0 saturated carbocycles. The van der Waals surface area contributed by atoms with Crippen molar-refractivity contribution < 1.29 is 13.6 Å². The topological polar surface area (TPSA) is 81.2 Å². The minimum Gasteiger partial charge on any atom is -0.451 e. The number of hydrogen-bond donors (Lipinski definition) is 1. The number of nitrogens with zero attached hydrogens (tertiary/aromatic N) is 2. The Morgan fingerprint density at radius 3 is 2.58 bits per heavy atom. The lowest BCUT2D eigenvalue weighted by Gasteiger charge is -2.00. The lowest BCUT2D eigenvalue weighted by molar-refractivity contribution is 0.102. The number of aromatic nitrogens is 2. The first-order chi connectivity index (χ1) is 11.7. The maximum absolute atomic E-state index is 12.1. The molecule has 24 heavy (non-hydrogen) atoms. The summed E-state index contributed by atoms with van der Waals surface area (Å²) in [5.41, 5.74) is 1.22. The van der Waals surface area contributed by atoms with Crippen LogP contribution in [0.15, 0.2) is 67.9 Å². The Balaban J connectivity index is 1.56. The van der Waals surface area contributed by atoms with E-state index in [1.807, 2.05) is 30.3 Å². The molecule has 4 aromatic rings. The van der Waals surface area contributed by atoms with Crippen molar-refractivity contribution in [2.24, 2.45) is 0 Å². The van der Waals surface area contributed by atoms with Crippen molar-refractivity contribution in [3.63, 3.8) is 0 Å². The van der Waals surface area contributed by atoms with E-state index in [-0.39, 0.29) is 17.8 Å². The van der Waals surface area contributed by atoms with Crippen molar-refractivity contribution in [1.29, 1.82) is 0 Å². The second kappa shape index (κ2) is 5.93. The molecule has 0 aliphatic heterocycles. The summed E-state index contributed by atoms with van der Waals surface area (Å²) in [7, 11) is 0. The summed E-state index contributed by atoms with van der Waals surface area (Å²) < 4.78 is 12.0. The van der Waals surface area contributed by atoms with Crippen LogP contribution in [0, 0.1) is 0 Å². The molecule has 2 aromatic heterocycles. The van der Waals surface area contributed by atoms with E-state index in [1.54, 1.807) is 24.3 Å². The van der Waals surface area contributed by atoms with Crippen LogP contribution in [0.3, 0.4) is 0 Å². The summed E-state index contributed by atoms with van der Waals surface area (Å²) in [6, 6.07) is 16.3. The van der Waals surface area contributed by atoms with Gasteiger partial charge in [-0.25, -0.2) is 0 Å². The molecule has 2 aromatic carbocycles. The van der Waals surface area contributed by atoms with Gasteiger partial charge in [0.15, 0.2) is 5.76 Å². The van der Waals surface area contributed by atoms with Gasteiger partial charge in [-0.1, -0.05) is 39.2 Å². The van der Waals surface area contributed by atoms with Gasteiger partial charge in [-0.3, -0.25) is 10.1 Å². The van der Waals surface area contributed by atoms with Crippen LogP contribution < -0.4 is 5.32 Å². The predicted molar refractivity (Wildman–Crippen MR) is 91.6 cm³/mol. The average Bonchev–Trinajstić information content (AvgIpc) is 3.21. The fourth-order valence-electron chi connectivity index (χ4n) is 2.23. The van der Waals surface area contributed by atoms with Crippen LogP contribution in [-0.4, -0.2) is 16.1 Å². The number of rotatable bonds is 3. The first-order valence-electron chi connectivity index (χ1n) is 7.08. The Kier molecular flexibility index (Phi) is 3.62. The highest BCUT2D eigenvalue weighted by Crippen LogP contribution is 2.27. The molecule has 118 valence electrons. The van der Waals surface area contributed by atoms with Crippen LogP contribution in [0.1, 0.15) is 10.4 Å². The number of anilines is 1. The number of benzene rings is 2. The SMILES string of the molecule is O=C(Nc1nnc(-c2cc3ccccc3o2)o1)c1ccc(Br)cc1. The number of para-hydroxylation sites is 1. The summed E-state index contributed by atoms with van der Waals surface area (Å²) in [6.07, 6.45) is 0. The largest absolute Gasteiger partial charge is 0.451 e. The van der Waals surface area contributed by atoms with Crippen LogP contribution >= 0.6 is 15.9 Å². The summed E-state index contributed by atoms with van der Waals surface area (Å²) in [5, 5.41) is 11.2. The highest BCUT2D eigenvalue weighted by Gasteiger charge is 2.15. The zero-order chi connectivity index (χ0) is 16.5. The van der Waals surface area contributed by atoms with Crippen molar-refractivity contribution in [2.45, 2.75) is 0 Å². The molecule has 1 N–H and O–H groups in total. The van der Waals surface area contributed by atoms with Crippen LogP contribution in [0.2, 0.25) is 0 Å². The van der Waals surface area contributed by atoms with Crippen molar-refractivity contribution in [3.05, 3.63) is 64.6 Å². The van der Waals surface area contributed by atoms with E-state index in [0.717, 1.165) is 15.4 Å². The second-order valence-electron chi connectivity index (χ2n) is 5.02. The quantitative estimate of drug-likeness (QED) is 0.563. The molecule has 7 heteroatoms. The molecule has 0 aliphatic carbocycles. The Bertz CT molecular complexity index is 988. The van der Waals surface area contributed by atoms with Gasteiger partial charge in [0.1, 0.15) is 5.58 Å². The van der Waals surface area contributed by atoms with Crippen molar-refractivity contribution in [1.82, 2.24) is 10.2 Å². The standard InChI is InChI=1S/C17H10BrN3O3/c18-12-7-5-10(6-8-12)15(22)19-17-21-20-16(24-17)14-9-11-3-1-2-4-13(11)23-14/h1-9H,(H,19,21,22). The van der Waals surface area contributed by atoms with E-state index in [1.165, 1.54) is 0 Å². The smallest absolute Gasteiger partial charge is 0.322 e. The van der Waals surface area contributed by atoms with Crippen molar-refractivity contribution in [2.75, 3.05) is 5.32 Å². The van der Waals surface area contributed by atoms with Crippen LogP contribution in [0.25, 0.3) is 22.6 Å². The Labute approximate surface area is 144 Å². The van der Waals surface area contributed by atoms with Gasteiger partial charge in [0, 0.05) is 15.4 Å². The third-order valence-corrected chi connectivity index (χ3v) is 3.92. The zero-order valence-corrected chi connectivity index (χ0v) is 13.8. The maximum atomic E-state index is 12.1. The number of carbonyl (C=O) groups is 1. The van der Waals surface area contributed by atoms with Gasteiger partial charge in [0.2, 0.25) is 0 Å². The molecule has 0 spiro atoms. The van der Waals surface area contributed by atoms with Crippen LogP contribution in [0.5, 0.6) is 0 Å². The van der Waals surface area contributed by atoms with Gasteiger partial charge in [0.25, 0.3) is 11.8 Å². The molecule has 1 amide bonds. The zero-order valence-electron chi connectivity index (χ0n) is 12.2. The predicted octanol–water partition coefficient (Wildman–Crippen LogP) is 4.50. The lowest BCUT2D eigenvalue weighted by Crippen LogP contribution is -2.11. The summed E-state index contributed by atoms with van der Waals surface area (Å²) in [5.74, 6) is 0.326. The third kappa shape index (κ3) is 2.81. The summed E-state index contributed by atoms with van der Waals surface area (Å²) >= 11 is 3.32. The van der Waals surface area contributed by atoms with Crippen LogP contribution in [0.4, 0.5) is 6.01 Å². The molecular formula is C17H10BrN3O3. The molecule has 0 atom stereocenters. The molecule has 2 heterocycles. The van der Waals surface area contributed by atoms with Gasteiger partial charge in [-0.2, -0.15) is 0 Å². The second-order valence-corrected chi connectivity index (χ2v) is 5.94. The molecule has 0 unspecified atom stereocenters. The van der Waals surface area contributed by atoms with E-state index in [4.69, 9.17) is 8.83 Å². The number of nitrogens with one attached hydrogen (secondary N) is 1. The van der Waals surface area contributed by atoms with Gasteiger partial charge in [-0.05, 0) is 36.4 Å². The first-order valence-corrected chi connectivity index (χ1v) is 7.88. The molecule has 4 rings (SSSR count). The van der Waals surface area contributed by atoms with Gasteiger partial charge in [-0.15, -0.1) is 5.10 Å².